The predicted octanol–water partition coefficient (Wildman–Crippen LogP) is 0.421. The SMILES string of the molecule is COCCNC(=O)C(C)NC1CCCCCC1O. The van der Waals surface area contributed by atoms with E-state index in [9.17, 15) is 9.90 Å². The number of rotatable bonds is 6. The van der Waals surface area contributed by atoms with E-state index in [2.05, 4.69) is 10.6 Å². The van der Waals surface area contributed by atoms with Crippen molar-refractivity contribution < 1.29 is 14.6 Å². The molecule has 5 heteroatoms. The average molecular weight is 258 g/mol. The maximum atomic E-state index is 11.8. The number of aliphatic hydroxyl groups excluding tert-OH is 1. The molecule has 1 aliphatic rings. The number of ether oxygens (including phenoxy) is 1. The van der Waals surface area contributed by atoms with Crippen LogP contribution in [0.25, 0.3) is 0 Å². The van der Waals surface area contributed by atoms with Gasteiger partial charge in [0.1, 0.15) is 0 Å². The summed E-state index contributed by atoms with van der Waals surface area (Å²) < 4.78 is 4.88. The molecule has 0 heterocycles. The molecule has 0 aromatic carbocycles. The summed E-state index contributed by atoms with van der Waals surface area (Å²) in [4.78, 5) is 11.8. The third kappa shape index (κ3) is 5.33. The number of carbonyl (C=O) groups is 1. The molecule has 106 valence electrons. The molecular formula is C13H26N2O3. The van der Waals surface area contributed by atoms with Gasteiger partial charge in [0.05, 0.1) is 18.8 Å². The van der Waals surface area contributed by atoms with Crippen LogP contribution in [0, 0.1) is 0 Å². The van der Waals surface area contributed by atoms with Gasteiger partial charge in [-0.2, -0.15) is 0 Å². The van der Waals surface area contributed by atoms with E-state index >= 15 is 0 Å². The summed E-state index contributed by atoms with van der Waals surface area (Å²) in [6.45, 7) is 2.87. The second-order valence-electron chi connectivity index (χ2n) is 4.98. The predicted molar refractivity (Wildman–Crippen MR) is 70.4 cm³/mol. The fourth-order valence-corrected chi connectivity index (χ4v) is 2.31. The molecule has 5 nitrogen and oxygen atoms in total. The minimum Gasteiger partial charge on any atom is -0.392 e. The van der Waals surface area contributed by atoms with Gasteiger partial charge in [0.15, 0.2) is 0 Å². The molecule has 1 aliphatic carbocycles. The van der Waals surface area contributed by atoms with Crippen molar-refractivity contribution in [3.8, 4) is 0 Å². The first-order chi connectivity index (χ1) is 8.65. The highest BCUT2D eigenvalue weighted by molar-refractivity contribution is 5.81. The summed E-state index contributed by atoms with van der Waals surface area (Å²) in [7, 11) is 1.61. The standard InChI is InChI=1S/C13H26N2O3/c1-10(13(17)14-8-9-18-2)15-11-6-4-3-5-7-12(11)16/h10-12,15-16H,3-9H2,1-2H3,(H,14,17). The summed E-state index contributed by atoms with van der Waals surface area (Å²) in [6.07, 6.45) is 4.80. The third-order valence-electron chi connectivity index (χ3n) is 3.44. The highest BCUT2D eigenvalue weighted by atomic mass is 16.5. The molecule has 1 rings (SSSR count). The number of amides is 1. The van der Waals surface area contributed by atoms with Gasteiger partial charge in [-0.05, 0) is 19.8 Å². The highest BCUT2D eigenvalue weighted by Gasteiger charge is 2.24. The lowest BCUT2D eigenvalue weighted by Crippen LogP contribution is -2.50. The zero-order valence-corrected chi connectivity index (χ0v) is 11.4. The van der Waals surface area contributed by atoms with Crippen molar-refractivity contribution in [2.24, 2.45) is 0 Å². The van der Waals surface area contributed by atoms with E-state index in [1.165, 1.54) is 6.42 Å². The van der Waals surface area contributed by atoms with Crippen molar-refractivity contribution >= 4 is 5.91 Å². The molecule has 3 N–H and O–H groups in total. The Balaban J connectivity index is 2.32. The Kier molecular flexibility index (Phi) is 7.23. The summed E-state index contributed by atoms with van der Waals surface area (Å²) in [5, 5.41) is 16.0. The van der Waals surface area contributed by atoms with Gasteiger partial charge in [-0.3, -0.25) is 4.79 Å². The average Bonchev–Trinajstić information content (AvgIpc) is 2.55. The molecule has 0 radical (unpaired) electrons. The van der Waals surface area contributed by atoms with E-state index < -0.39 is 0 Å². The van der Waals surface area contributed by atoms with Crippen LogP contribution in [-0.4, -0.2) is 49.5 Å². The number of methoxy groups -OCH3 is 1. The van der Waals surface area contributed by atoms with Crippen LogP contribution in [0.3, 0.4) is 0 Å². The maximum Gasteiger partial charge on any atom is 0.236 e. The van der Waals surface area contributed by atoms with E-state index in [4.69, 9.17) is 4.74 Å². The largest absolute Gasteiger partial charge is 0.392 e. The molecule has 0 saturated heterocycles. The highest BCUT2D eigenvalue weighted by Crippen LogP contribution is 2.18. The summed E-state index contributed by atoms with van der Waals surface area (Å²) >= 11 is 0. The molecule has 1 saturated carbocycles. The molecule has 0 aromatic rings. The van der Waals surface area contributed by atoms with Crippen molar-refractivity contribution in [1.82, 2.24) is 10.6 Å². The van der Waals surface area contributed by atoms with Gasteiger partial charge in [-0.1, -0.05) is 19.3 Å². The lowest BCUT2D eigenvalue weighted by Gasteiger charge is -2.25. The Hall–Kier alpha value is -0.650. The number of nitrogens with one attached hydrogen (secondary N) is 2. The van der Waals surface area contributed by atoms with E-state index in [0.29, 0.717) is 13.2 Å². The van der Waals surface area contributed by atoms with Crippen LogP contribution in [0.5, 0.6) is 0 Å². The van der Waals surface area contributed by atoms with Gasteiger partial charge >= 0.3 is 0 Å². The summed E-state index contributed by atoms with van der Waals surface area (Å²) in [5.41, 5.74) is 0. The molecule has 3 unspecified atom stereocenters. The van der Waals surface area contributed by atoms with Crippen LogP contribution in [0.1, 0.15) is 39.0 Å². The molecule has 3 atom stereocenters. The van der Waals surface area contributed by atoms with Crippen LogP contribution in [0.4, 0.5) is 0 Å². The monoisotopic (exact) mass is 258 g/mol. The first-order valence-corrected chi connectivity index (χ1v) is 6.86. The van der Waals surface area contributed by atoms with Crippen LogP contribution < -0.4 is 10.6 Å². The van der Waals surface area contributed by atoms with Crippen LogP contribution in [0.15, 0.2) is 0 Å². The lowest BCUT2D eigenvalue weighted by molar-refractivity contribution is -0.123. The molecule has 18 heavy (non-hydrogen) atoms. The molecular weight excluding hydrogens is 232 g/mol. The Bertz CT molecular complexity index is 248. The van der Waals surface area contributed by atoms with Gasteiger partial charge in [0.2, 0.25) is 5.91 Å². The van der Waals surface area contributed by atoms with E-state index in [0.717, 1.165) is 25.7 Å². The Labute approximate surface area is 109 Å². The molecule has 1 amide bonds. The number of carbonyl (C=O) groups excluding carboxylic acids is 1. The quantitative estimate of drug-likeness (QED) is 0.477. The van der Waals surface area contributed by atoms with Gasteiger partial charge in [0.25, 0.3) is 0 Å². The van der Waals surface area contributed by atoms with Crippen molar-refractivity contribution in [3.63, 3.8) is 0 Å². The molecule has 0 bridgehead atoms. The van der Waals surface area contributed by atoms with Gasteiger partial charge in [-0.25, -0.2) is 0 Å². The second-order valence-corrected chi connectivity index (χ2v) is 4.98. The van der Waals surface area contributed by atoms with E-state index in [1.807, 2.05) is 6.92 Å². The zero-order valence-electron chi connectivity index (χ0n) is 11.4. The van der Waals surface area contributed by atoms with Crippen molar-refractivity contribution in [2.45, 2.75) is 57.2 Å². The lowest BCUT2D eigenvalue weighted by atomic mass is 10.1. The fraction of sp³-hybridized carbons (Fsp3) is 0.923. The smallest absolute Gasteiger partial charge is 0.236 e. The number of aliphatic hydroxyl groups is 1. The fourth-order valence-electron chi connectivity index (χ4n) is 2.31. The topological polar surface area (TPSA) is 70.6 Å². The van der Waals surface area contributed by atoms with Crippen LogP contribution >= 0.6 is 0 Å². The number of hydrogen-bond acceptors (Lipinski definition) is 4. The van der Waals surface area contributed by atoms with E-state index in [1.54, 1.807) is 7.11 Å². The number of hydrogen-bond donors (Lipinski definition) is 3. The third-order valence-corrected chi connectivity index (χ3v) is 3.44. The van der Waals surface area contributed by atoms with E-state index in [-0.39, 0.29) is 24.1 Å². The van der Waals surface area contributed by atoms with Crippen LogP contribution in [0.2, 0.25) is 0 Å². The molecule has 0 aromatic heterocycles. The minimum absolute atomic E-state index is 0.0377. The second kappa shape index (κ2) is 8.45. The minimum atomic E-state index is -0.332. The molecule has 0 spiro atoms. The Morgan fingerprint density at radius 2 is 2.11 bits per heavy atom. The first kappa shape index (κ1) is 15.4. The first-order valence-electron chi connectivity index (χ1n) is 6.86. The van der Waals surface area contributed by atoms with Gasteiger partial charge < -0.3 is 20.5 Å². The van der Waals surface area contributed by atoms with Crippen molar-refractivity contribution in [2.75, 3.05) is 20.3 Å². The van der Waals surface area contributed by atoms with Crippen LogP contribution in [-0.2, 0) is 9.53 Å². The zero-order chi connectivity index (χ0) is 13.4. The van der Waals surface area contributed by atoms with Crippen molar-refractivity contribution in [1.29, 1.82) is 0 Å². The molecule has 0 aliphatic heterocycles. The van der Waals surface area contributed by atoms with Gasteiger partial charge in [0, 0.05) is 19.7 Å². The normalized spacial score (nSPS) is 26.4. The summed E-state index contributed by atoms with van der Waals surface area (Å²) in [6, 6.07) is -0.240. The van der Waals surface area contributed by atoms with Gasteiger partial charge in [-0.15, -0.1) is 0 Å². The summed E-state index contributed by atoms with van der Waals surface area (Å²) in [5.74, 6) is -0.0384. The Morgan fingerprint density at radius 1 is 1.39 bits per heavy atom. The maximum absolute atomic E-state index is 11.8. The van der Waals surface area contributed by atoms with Crippen molar-refractivity contribution in [3.05, 3.63) is 0 Å². The molecule has 1 fully saturated rings. The Morgan fingerprint density at radius 3 is 2.83 bits per heavy atom.